The van der Waals surface area contributed by atoms with Crippen molar-refractivity contribution in [1.29, 1.82) is 0 Å². The Hall–Kier alpha value is -2.53. The van der Waals surface area contributed by atoms with Crippen molar-refractivity contribution in [3.8, 4) is 11.5 Å². The number of nitrogens with one attached hydrogen (secondary N) is 1. The van der Waals surface area contributed by atoms with E-state index in [-0.39, 0.29) is 18.7 Å². The van der Waals surface area contributed by atoms with Gasteiger partial charge in [-0.2, -0.15) is 0 Å². The zero-order chi connectivity index (χ0) is 17.1. The number of nitrogens with zero attached hydrogens (tertiary/aromatic N) is 1. The van der Waals surface area contributed by atoms with Crippen LogP contribution in [0.2, 0.25) is 0 Å². The second kappa shape index (κ2) is 7.15. The quantitative estimate of drug-likeness (QED) is 0.911. The third-order valence-electron chi connectivity index (χ3n) is 4.74. The smallest absolute Gasteiger partial charge is 0.244 e. The lowest BCUT2D eigenvalue weighted by molar-refractivity contribution is -0.132. The van der Waals surface area contributed by atoms with E-state index < -0.39 is 0 Å². The van der Waals surface area contributed by atoms with Gasteiger partial charge in [-0.3, -0.25) is 10.1 Å². The van der Waals surface area contributed by atoms with Gasteiger partial charge >= 0.3 is 0 Å². The Morgan fingerprint density at radius 3 is 2.60 bits per heavy atom. The van der Waals surface area contributed by atoms with Crippen LogP contribution >= 0.6 is 0 Å². The summed E-state index contributed by atoms with van der Waals surface area (Å²) in [6, 6.07) is 15.5. The SMILES string of the molecule is O=C([C@H](NCc1ccc2c(c1)OCO2)c1ccccc1)N1CCCC1. The minimum Gasteiger partial charge on any atom is -0.454 e. The second-order valence-electron chi connectivity index (χ2n) is 6.44. The lowest BCUT2D eigenvalue weighted by atomic mass is 10.0. The molecule has 1 saturated heterocycles. The molecule has 5 heteroatoms. The Labute approximate surface area is 147 Å². The van der Waals surface area contributed by atoms with Crippen molar-refractivity contribution < 1.29 is 14.3 Å². The Kier molecular flexibility index (Phi) is 4.57. The van der Waals surface area contributed by atoms with Crippen molar-refractivity contribution >= 4 is 5.91 Å². The zero-order valence-electron chi connectivity index (χ0n) is 14.1. The molecular weight excluding hydrogens is 316 g/mol. The van der Waals surface area contributed by atoms with Gasteiger partial charge in [0.25, 0.3) is 0 Å². The van der Waals surface area contributed by atoms with E-state index in [1.165, 1.54) is 0 Å². The highest BCUT2D eigenvalue weighted by atomic mass is 16.7. The molecule has 1 N–H and O–H groups in total. The standard InChI is InChI=1S/C20H22N2O3/c23-20(22-10-4-5-11-22)19(16-6-2-1-3-7-16)21-13-15-8-9-17-18(12-15)25-14-24-17/h1-3,6-9,12,19,21H,4-5,10-11,13-14H2/t19-/m1/s1. The van der Waals surface area contributed by atoms with Crippen molar-refractivity contribution in [3.63, 3.8) is 0 Å². The van der Waals surface area contributed by atoms with Crippen molar-refractivity contribution in [3.05, 3.63) is 59.7 Å². The molecule has 5 nitrogen and oxygen atoms in total. The molecule has 4 rings (SSSR count). The van der Waals surface area contributed by atoms with E-state index in [0.29, 0.717) is 6.54 Å². The summed E-state index contributed by atoms with van der Waals surface area (Å²) in [6.45, 7) is 2.57. The van der Waals surface area contributed by atoms with Gasteiger partial charge in [-0.15, -0.1) is 0 Å². The van der Waals surface area contributed by atoms with Gasteiger partial charge in [0, 0.05) is 19.6 Å². The van der Waals surface area contributed by atoms with Crippen molar-refractivity contribution in [2.24, 2.45) is 0 Å². The number of hydrogen-bond donors (Lipinski definition) is 1. The van der Waals surface area contributed by atoms with Crippen LogP contribution in [-0.2, 0) is 11.3 Å². The van der Waals surface area contributed by atoms with Crippen LogP contribution in [0, 0.1) is 0 Å². The average Bonchev–Trinajstić information content (AvgIpc) is 3.34. The molecular formula is C20H22N2O3. The molecule has 0 saturated carbocycles. The van der Waals surface area contributed by atoms with Crippen LogP contribution in [0.4, 0.5) is 0 Å². The highest BCUT2D eigenvalue weighted by Crippen LogP contribution is 2.32. The largest absolute Gasteiger partial charge is 0.454 e. The number of hydrogen-bond acceptors (Lipinski definition) is 4. The van der Waals surface area contributed by atoms with E-state index >= 15 is 0 Å². The fourth-order valence-corrected chi connectivity index (χ4v) is 3.38. The molecule has 1 amide bonds. The number of rotatable bonds is 5. The predicted molar refractivity (Wildman–Crippen MR) is 94.4 cm³/mol. The van der Waals surface area contributed by atoms with Crippen LogP contribution in [0.1, 0.15) is 30.0 Å². The molecule has 0 radical (unpaired) electrons. The first-order valence-corrected chi connectivity index (χ1v) is 8.77. The Morgan fingerprint density at radius 2 is 1.80 bits per heavy atom. The van der Waals surface area contributed by atoms with Crippen LogP contribution in [0.25, 0.3) is 0 Å². The molecule has 2 heterocycles. The molecule has 0 unspecified atom stereocenters. The van der Waals surface area contributed by atoms with E-state index in [0.717, 1.165) is 48.6 Å². The lowest BCUT2D eigenvalue weighted by Gasteiger charge is -2.24. The van der Waals surface area contributed by atoms with E-state index in [1.807, 2.05) is 53.4 Å². The van der Waals surface area contributed by atoms with E-state index in [9.17, 15) is 4.79 Å². The van der Waals surface area contributed by atoms with Crippen LogP contribution in [-0.4, -0.2) is 30.7 Å². The van der Waals surface area contributed by atoms with Crippen LogP contribution < -0.4 is 14.8 Å². The number of benzene rings is 2. The molecule has 0 bridgehead atoms. The van der Waals surface area contributed by atoms with Gasteiger partial charge in [0.05, 0.1) is 0 Å². The zero-order valence-corrected chi connectivity index (χ0v) is 14.1. The predicted octanol–water partition coefficient (Wildman–Crippen LogP) is 2.87. The minimum atomic E-state index is -0.329. The Morgan fingerprint density at radius 1 is 1.04 bits per heavy atom. The summed E-state index contributed by atoms with van der Waals surface area (Å²) in [7, 11) is 0. The first kappa shape index (κ1) is 16.0. The Balaban J connectivity index is 1.51. The molecule has 2 aromatic rings. The average molecular weight is 338 g/mol. The van der Waals surface area contributed by atoms with Gasteiger partial charge < -0.3 is 14.4 Å². The number of ether oxygens (including phenoxy) is 2. The summed E-state index contributed by atoms with van der Waals surface area (Å²) in [5, 5.41) is 3.43. The summed E-state index contributed by atoms with van der Waals surface area (Å²) >= 11 is 0. The van der Waals surface area contributed by atoms with Crippen LogP contribution in [0.3, 0.4) is 0 Å². The molecule has 130 valence electrons. The Bertz CT molecular complexity index is 742. The maximum Gasteiger partial charge on any atom is 0.244 e. The van der Waals surface area contributed by atoms with Gasteiger partial charge in [-0.25, -0.2) is 0 Å². The van der Waals surface area contributed by atoms with Gasteiger partial charge in [-0.1, -0.05) is 36.4 Å². The van der Waals surface area contributed by atoms with Crippen molar-refractivity contribution in [2.75, 3.05) is 19.9 Å². The molecule has 2 aliphatic rings. The summed E-state index contributed by atoms with van der Waals surface area (Å²) in [6.07, 6.45) is 2.19. The third-order valence-corrected chi connectivity index (χ3v) is 4.74. The maximum atomic E-state index is 13.0. The number of carbonyl (C=O) groups excluding carboxylic acids is 1. The molecule has 0 spiro atoms. The summed E-state index contributed by atoms with van der Waals surface area (Å²) in [5.41, 5.74) is 2.07. The first-order chi connectivity index (χ1) is 12.3. The normalized spacial score (nSPS) is 16.9. The van der Waals surface area contributed by atoms with E-state index in [1.54, 1.807) is 0 Å². The van der Waals surface area contributed by atoms with E-state index in [4.69, 9.17) is 9.47 Å². The van der Waals surface area contributed by atoms with Gasteiger partial charge in [0.2, 0.25) is 12.7 Å². The lowest BCUT2D eigenvalue weighted by Crippen LogP contribution is -2.39. The van der Waals surface area contributed by atoms with E-state index in [2.05, 4.69) is 5.32 Å². The number of amides is 1. The highest BCUT2D eigenvalue weighted by molar-refractivity contribution is 5.83. The fourth-order valence-electron chi connectivity index (χ4n) is 3.38. The first-order valence-electron chi connectivity index (χ1n) is 8.77. The summed E-state index contributed by atoms with van der Waals surface area (Å²) in [4.78, 5) is 14.9. The van der Waals surface area contributed by atoms with Crippen molar-refractivity contribution in [2.45, 2.75) is 25.4 Å². The van der Waals surface area contributed by atoms with Gasteiger partial charge in [0.15, 0.2) is 11.5 Å². The molecule has 2 aliphatic heterocycles. The minimum absolute atomic E-state index is 0.157. The van der Waals surface area contributed by atoms with Gasteiger partial charge in [-0.05, 0) is 36.1 Å². The maximum absolute atomic E-state index is 13.0. The van der Waals surface area contributed by atoms with Crippen LogP contribution in [0.5, 0.6) is 11.5 Å². The summed E-state index contributed by atoms with van der Waals surface area (Å²) in [5.74, 6) is 1.70. The third kappa shape index (κ3) is 3.46. The van der Waals surface area contributed by atoms with Crippen molar-refractivity contribution in [1.82, 2.24) is 10.2 Å². The van der Waals surface area contributed by atoms with Crippen LogP contribution in [0.15, 0.2) is 48.5 Å². The molecule has 2 aromatic carbocycles. The molecule has 1 atom stereocenters. The molecule has 25 heavy (non-hydrogen) atoms. The number of fused-ring (bicyclic) bond motifs is 1. The fraction of sp³-hybridized carbons (Fsp3) is 0.350. The monoisotopic (exact) mass is 338 g/mol. The molecule has 0 aromatic heterocycles. The number of carbonyl (C=O) groups is 1. The highest BCUT2D eigenvalue weighted by Gasteiger charge is 2.27. The summed E-state index contributed by atoms with van der Waals surface area (Å²) < 4.78 is 10.8. The van der Waals surface area contributed by atoms with Gasteiger partial charge in [0.1, 0.15) is 6.04 Å². The molecule has 1 fully saturated rings. The number of likely N-dealkylation sites (tertiary alicyclic amines) is 1. The second-order valence-corrected chi connectivity index (χ2v) is 6.44. The molecule has 0 aliphatic carbocycles. The topological polar surface area (TPSA) is 50.8 Å².